The van der Waals surface area contributed by atoms with Crippen molar-refractivity contribution in [1.29, 1.82) is 0 Å². The van der Waals surface area contributed by atoms with Gasteiger partial charge in [-0.3, -0.25) is 0 Å². The Labute approximate surface area is 121 Å². The number of aliphatic hydroxyl groups excluding tert-OH is 1. The van der Waals surface area contributed by atoms with E-state index in [4.69, 9.17) is 4.74 Å². The van der Waals surface area contributed by atoms with E-state index in [-0.39, 0.29) is 12.0 Å². The van der Waals surface area contributed by atoms with E-state index >= 15 is 0 Å². The minimum atomic E-state index is -0.0835. The summed E-state index contributed by atoms with van der Waals surface area (Å²) in [6.45, 7) is 2.93. The zero-order valence-electron chi connectivity index (χ0n) is 10.9. The summed E-state index contributed by atoms with van der Waals surface area (Å²) in [6, 6.07) is 5.39. The highest BCUT2D eigenvalue weighted by atomic mass is 79.9. The molecular weight excluding hydrogens is 310 g/mol. The van der Waals surface area contributed by atoms with Crippen LogP contribution in [-0.2, 0) is 11.3 Å². The third-order valence-electron chi connectivity index (χ3n) is 3.75. The molecule has 1 fully saturated rings. The maximum absolute atomic E-state index is 9.76. The molecule has 1 aliphatic heterocycles. The summed E-state index contributed by atoms with van der Waals surface area (Å²) in [5.74, 6) is 0.292. The van der Waals surface area contributed by atoms with Crippen molar-refractivity contribution >= 4 is 15.9 Å². The summed E-state index contributed by atoms with van der Waals surface area (Å²) >= 11 is 3.39. The van der Waals surface area contributed by atoms with Crippen molar-refractivity contribution < 1.29 is 14.9 Å². The Hall–Kier alpha value is -0.620. The van der Waals surface area contributed by atoms with Crippen molar-refractivity contribution in [1.82, 2.24) is 5.32 Å². The summed E-state index contributed by atoms with van der Waals surface area (Å²) in [5, 5.41) is 22.7. The molecule has 0 unspecified atom stereocenters. The van der Waals surface area contributed by atoms with Gasteiger partial charge in [0.1, 0.15) is 5.75 Å². The Morgan fingerprint density at radius 2 is 2.05 bits per heavy atom. The second-order valence-electron chi connectivity index (χ2n) is 5.15. The average molecular weight is 330 g/mol. The van der Waals surface area contributed by atoms with Crippen LogP contribution in [0.3, 0.4) is 0 Å². The molecule has 0 aromatic heterocycles. The van der Waals surface area contributed by atoms with Gasteiger partial charge in [-0.25, -0.2) is 0 Å². The third kappa shape index (κ3) is 3.92. The lowest BCUT2D eigenvalue weighted by Crippen LogP contribution is -2.41. The molecule has 1 heterocycles. The average Bonchev–Trinajstić information content (AvgIpc) is 2.44. The van der Waals surface area contributed by atoms with E-state index in [1.54, 1.807) is 6.07 Å². The van der Waals surface area contributed by atoms with Crippen molar-refractivity contribution in [3.05, 3.63) is 28.2 Å². The Morgan fingerprint density at radius 3 is 2.74 bits per heavy atom. The van der Waals surface area contributed by atoms with E-state index in [1.807, 2.05) is 12.1 Å². The van der Waals surface area contributed by atoms with Crippen LogP contribution in [-0.4, -0.2) is 36.6 Å². The van der Waals surface area contributed by atoms with Crippen molar-refractivity contribution in [2.45, 2.75) is 19.4 Å². The predicted octanol–water partition coefficient (Wildman–Crippen LogP) is 2.03. The monoisotopic (exact) mass is 329 g/mol. The Morgan fingerprint density at radius 1 is 1.32 bits per heavy atom. The van der Waals surface area contributed by atoms with E-state index in [0.29, 0.717) is 25.5 Å². The molecule has 0 radical (unpaired) electrons. The highest BCUT2D eigenvalue weighted by Crippen LogP contribution is 2.29. The van der Waals surface area contributed by atoms with Crippen molar-refractivity contribution in [3.8, 4) is 5.75 Å². The lowest BCUT2D eigenvalue weighted by molar-refractivity contribution is -0.0154. The van der Waals surface area contributed by atoms with Crippen LogP contribution in [0.1, 0.15) is 18.4 Å². The van der Waals surface area contributed by atoms with E-state index in [2.05, 4.69) is 21.2 Å². The van der Waals surface area contributed by atoms with Crippen molar-refractivity contribution in [3.63, 3.8) is 0 Å². The topological polar surface area (TPSA) is 61.7 Å². The smallest absolute Gasteiger partial charge is 0.120 e. The number of rotatable bonds is 5. The van der Waals surface area contributed by atoms with E-state index < -0.39 is 0 Å². The van der Waals surface area contributed by atoms with Crippen LogP contribution < -0.4 is 5.32 Å². The number of aromatic hydroxyl groups is 1. The molecule has 106 valence electrons. The minimum absolute atomic E-state index is 0.0835. The molecule has 2 rings (SSSR count). The molecule has 0 bridgehead atoms. The van der Waals surface area contributed by atoms with Crippen LogP contribution in [0.15, 0.2) is 22.7 Å². The van der Waals surface area contributed by atoms with Gasteiger partial charge in [0, 0.05) is 41.8 Å². The fourth-order valence-electron chi connectivity index (χ4n) is 2.35. The van der Waals surface area contributed by atoms with Crippen LogP contribution in [0.4, 0.5) is 0 Å². The number of hydrogen-bond donors (Lipinski definition) is 3. The maximum atomic E-state index is 9.76. The molecular formula is C14H20BrNO3. The van der Waals surface area contributed by atoms with E-state index in [0.717, 1.165) is 29.4 Å². The highest BCUT2D eigenvalue weighted by molar-refractivity contribution is 9.10. The van der Waals surface area contributed by atoms with E-state index in [1.165, 1.54) is 0 Å². The van der Waals surface area contributed by atoms with Gasteiger partial charge < -0.3 is 20.3 Å². The number of phenolic OH excluding ortho intramolecular Hbond substituents is 1. The number of hydrogen-bond acceptors (Lipinski definition) is 4. The number of halogens is 1. The Bertz CT molecular complexity index is 419. The van der Waals surface area contributed by atoms with Gasteiger partial charge >= 0.3 is 0 Å². The minimum Gasteiger partial charge on any atom is -0.508 e. The first-order valence-electron chi connectivity index (χ1n) is 6.52. The quantitative estimate of drug-likeness (QED) is 0.773. The van der Waals surface area contributed by atoms with Crippen LogP contribution in [0.2, 0.25) is 0 Å². The van der Waals surface area contributed by atoms with Gasteiger partial charge in [0.15, 0.2) is 0 Å². The number of aliphatic hydroxyl groups is 1. The molecule has 0 spiro atoms. The SMILES string of the molecule is OCC1(CNCc2cc(Br)ccc2O)CCOCC1. The highest BCUT2D eigenvalue weighted by Gasteiger charge is 2.31. The summed E-state index contributed by atoms with van der Waals surface area (Å²) in [6.07, 6.45) is 1.75. The molecule has 5 heteroatoms. The molecule has 1 aromatic carbocycles. The number of phenols is 1. The summed E-state index contributed by atoms with van der Waals surface area (Å²) in [5.41, 5.74) is 0.773. The first-order valence-corrected chi connectivity index (χ1v) is 7.31. The molecule has 3 N–H and O–H groups in total. The van der Waals surface area contributed by atoms with Crippen molar-refractivity contribution in [2.24, 2.45) is 5.41 Å². The lowest BCUT2D eigenvalue weighted by Gasteiger charge is -2.35. The molecule has 1 aromatic rings. The molecule has 19 heavy (non-hydrogen) atoms. The van der Waals surface area contributed by atoms with Gasteiger partial charge in [0.25, 0.3) is 0 Å². The zero-order valence-corrected chi connectivity index (χ0v) is 12.4. The van der Waals surface area contributed by atoms with Crippen molar-refractivity contribution in [2.75, 3.05) is 26.4 Å². The van der Waals surface area contributed by atoms with Crippen LogP contribution in [0.25, 0.3) is 0 Å². The maximum Gasteiger partial charge on any atom is 0.120 e. The largest absolute Gasteiger partial charge is 0.508 e. The second kappa shape index (κ2) is 6.70. The number of benzene rings is 1. The lowest BCUT2D eigenvalue weighted by atomic mass is 9.81. The summed E-state index contributed by atoms with van der Waals surface area (Å²) in [4.78, 5) is 0. The summed E-state index contributed by atoms with van der Waals surface area (Å²) in [7, 11) is 0. The second-order valence-corrected chi connectivity index (χ2v) is 6.06. The predicted molar refractivity (Wildman–Crippen MR) is 77.1 cm³/mol. The van der Waals surface area contributed by atoms with Gasteiger partial charge in [-0.05, 0) is 31.0 Å². The molecule has 0 atom stereocenters. The van der Waals surface area contributed by atoms with Gasteiger partial charge in [-0.15, -0.1) is 0 Å². The molecule has 0 saturated carbocycles. The zero-order chi connectivity index (χ0) is 13.7. The van der Waals surface area contributed by atoms with Gasteiger partial charge in [-0.1, -0.05) is 15.9 Å². The first-order chi connectivity index (χ1) is 9.15. The Kier molecular flexibility index (Phi) is 5.21. The molecule has 0 amide bonds. The van der Waals surface area contributed by atoms with E-state index in [9.17, 15) is 10.2 Å². The Balaban J connectivity index is 1.90. The normalized spacial score (nSPS) is 18.4. The van der Waals surface area contributed by atoms with Crippen LogP contribution >= 0.6 is 15.9 Å². The third-order valence-corrected chi connectivity index (χ3v) is 4.24. The number of nitrogens with one attached hydrogen (secondary N) is 1. The molecule has 1 aliphatic rings. The molecule has 4 nitrogen and oxygen atoms in total. The standard InChI is InChI=1S/C14H20BrNO3/c15-12-1-2-13(18)11(7-12)8-16-9-14(10-17)3-5-19-6-4-14/h1-2,7,16-18H,3-6,8-10H2. The van der Waals surface area contributed by atoms with Crippen LogP contribution in [0.5, 0.6) is 5.75 Å². The fourth-order valence-corrected chi connectivity index (χ4v) is 2.76. The van der Waals surface area contributed by atoms with Crippen LogP contribution in [0, 0.1) is 5.41 Å². The first kappa shape index (κ1) is 14.8. The fraction of sp³-hybridized carbons (Fsp3) is 0.571. The molecule has 0 aliphatic carbocycles. The van der Waals surface area contributed by atoms with Gasteiger partial charge in [0.2, 0.25) is 0 Å². The van der Waals surface area contributed by atoms with Gasteiger partial charge in [0.05, 0.1) is 6.61 Å². The molecule has 1 saturated heterocycles. The number of ether oxygens (including phenoxy) is 1. The van der Waals surface area contributed by atoms with Gasteiger partial charge in [-0.2, -0.15) is 0 Å². The summed E-state index contributed by atoms with van der Waals surface area (Å²) < 4.78 is 6.29.